The predicted molar refractivity (Wildman–Crippen MR) is 86.6 cm³/mol. The van der Waals surface area contributed by atoms with Gasteiger partial charge in [-0.3, -0.25) is 0 Å². The standard InChI is InChI=1S/C15H11Cl3N2O/c16-8-2-4-15(21)11(5-8)14-7-13(19-20-14)10-3-1-9(17)6-12(10)18/h1-6,13,19,21H,7H2. The lowest BCUT2D eigenvalue weighted by Crippen LogP contribution is -2.10. The molecule has 0 amide bonds. The molecule has 1 atom stereocenters. The first-order chi connectivity index (χ1) is 10.0. The Hall–Kier alpha value is -1.42. The molecule has 1 unspecified atom stereocenters. The van der Waals surface area contributed by atoms with Crippen LogP contribution in [0.4, 0.5) is 0 Å². The van der Waals surface area contributed by atoms with Crippen molar-refractivity contribution in [3.8, 4) is 5.75 Å². The third kappa shape index (κ3) is 2.95. The van der Waals surface area contributed by atoms with Crippen LogP contribution >= 0.6 is 34.8 Å². The van der Waals surface area contributed by atoms with Crippen molar-refractivity contribution >= 4 is 40.5 Å². The van der Waals surface area contributed by atoms with Gasteiger partial charge in [0.2, 0.25) is 0 Å². The van der Waals surface area contributed by atoms with Gasteiger partial charge in [-0.05, 0) is 35.9 Å². The summed E-state index contributed by atoms with van der Waals surface area (Å²) in [5.74, 6) is 0.155. The zero-order valence-corrected chi connectivity index (χ0v) is 13.0. The van der Waals surface area contributed by atoms with Gasteiger partial charge in [0, 0.05) is 27.1 Å². The summed E-state index contributed by atoms with van der Waals surface area (Å²) in [6, 6.07) is 10.2. The number of phenols is 1. The monoisotopic (exact) mass is 340 g/mol. The number of hydrazone groups is 1. The van der Waals surface area contributed by atoms with E-state index in [9.17, 15) is 5.11 Å². The second-order valence-corrected chi connectivity index (χ2v) is 6.05. The summed E-state index contributed by atoms with van der Waals surface area (Å²) in [6.45, 7) is 0. The fourth-order valence-corrected chi connectivity index (χ4v) is 3.03. The maximum absolute atomic E-state index is 9.93. The first-order valence-electron chi connectivity index (χ1n) is 6.30. The highest BCUT2D eigenvalue weighted by molar-refractivity contribution is 6.35. The van der Waals surface area contributed by atoms with Crippen molar-refractivity contribution in [2.45, 2.75) is 12.5 Å². The molecule has 0 fully saturated rings. The van der Waals surface area contributed by atoms with Gasteiger partial charge in [0.25, 0.3) is 0 Å². The van der Waals surface area contributed by atoms with E-state index < -0.39 is 0 Å². The van der Waals surface area contributed by atoms with Crippen LogP contribution < -0.4 is 5.43 Å². The van der Waals surface area contributed by atoms with Crippen LogP contribution in [-0.2, 0) is 0 Å². The summed E-state index contributed by atoms with van der Waals surface area (Å²) in [4.78, 5) is 0. The van der Waals surface area contributed by atoms with Crippen LogP contribution in [0.3, 0.4) is 0 Å². The van der Waals surface area contributed by atoms with Gasteiger partial charge in [-0.2, -0.15) is 5.10 Å². The number of nitrogens with zero attached hydrogens (tertiary/aromatic N) is 1. The molecule has 108 valence electrons. The molecule has 0 saturated heterocycles. The van der Waals surface area contributed by atoms with Gasteiger partial charge in [0.1, 0.15) is 5.75 Å². The Balaban J connectivity index is 1.86. The Morgan fingerprint density at radius 2 is 1.76 bits per heavy atom. The molecular weight excluding hydrogens is 331 g/mol. The van der Waals surface area contributed by atoms with E-state index in [4.69, 9.17) is 34.8 Å². The summed E-state index contributed by atoms with van der Waals surface area (Å²) in [5.41, 5.74) is 5.32. The zero-order valence-electron chi connectivity index (χ0n) is 10.8. The number of hydrogen-bond acceptors (Lipinski definition) is 3. The van der Waals surface area contributed by atoms with Crippen LogP contribution in [0.5, 0.6) is 5.75 Å². The van der Waals surface area contributed by atoms with E-state index in [0.717, 1.165) is 11.3 Å². The Morgan fingerprint density at radius 3 is 2.52 bits per heavy atom. The van der Waals surface area contributed by atoms with Crippen molar-refractivity contribution in [2.75, 3.05) is 0 Å². The lowest BCUT2D eigenvalue weighted by molar-refractivity contribution is 0.474. The molecule has 1 heterocycles. The van der Waals surface area contributed by atoms with E-state index in [0.29, 0.717) is 27.1 Å². The molecular formula is C15H11Cl3N2O. The summed E-state index contributed by atoms with van der Waals surface area (Å²) in [7, 11) is 0. The second kappa shape index (κ2) is 5.76. The van der Waals surface area contributed by atoms with Crippen LogP contribution in [0.1, 0.15) is 23.6 Å². The molecule has 6 heteroatoms. The normalized spacial score (nSPS) is 17.5. The Bertz CT molecular complexity index is 731. The topological polar surface area (TPSA) is 44.6 Å². The van der Waals surface area contributed by atoms with E-state index in [1.54, 1.807) is 30.3 Å². The minimum absolute atomic E-state index is 0.0526. The number of halogens is 3. The Kier molecular flexibility index (Phi) is 3.98. The van der Waals surface area contributed by atoms with Gasteiger partial charge in [-0.15, -0.1) is 0 Å². The highest BCUT2D eigenvalue weighted by Gasteiger charge is 2.24. The number of aromatic hydroxyl groups is 1. The highest BCUT2D eigenvalue weighted by atomic mass is 35.5. The quantitative estimate of drug-likeness (QED) is 0.824. The molecule has 1 aliphatic heterocycles. The van der Waals surface area contributed by atoms with Crippen molar-refractivity contribution in [2.24, 2.45) is 5.10 Å². The van der Waals surface area contributed by atoms with Crippen molar-refractivity contribution in [3.05, 3.63) is 62.6 Å². The number of nitrogens with one attached hydrogen (secondary N) is 1. The molecule has 3 nitrogen and oxygen atoms in total. The van der Waals surface area contributed by atoms with E-state index >= 15 is 0 Å². The average molecular weight is 342 g/mol. The third-order valence-corrected chi connectivity index (χ3v) is 4.16. The maximum Gasteiger partial charge on any atom is 0.124 e. The van der Waals surface area contributed by atoms with Gasteiger partial charge in [-0.25, -0.2) is 0 Å². The first-order valence-corrected chi connectivity index (χ1v) is 7.44. The SMILES string of the molecule is Oc1ccc(Cl)cc1C1=NNC(c2ccc(Cl)cc2Cl)C1. The maximum atomic E-state index is 9.93. The Labute approximate surface area is 137 Å². The lowest BCUT2D eigenvalue weighted by atomic mass is 9.98. The van der Waals surface area contributed by atoms with Crippen molar-refractivity contribution < 1.29 is 5.11 Å². The average Bonchev–Trinajstić information content (AvgIpc) is 2.91. The van der Waals surface area contributed by atoms with Crippen LogP contribution in [0, 0.1) is 0 Å². The molecule has 1 aliphatic rings. The summed E-state index contributed by atoms with van der Waals surface area (Å²) in [5, 5.41) is 16.0. The molecule has 0 bridgehead atoms. The Morgan fingerprint density at radius 1 is 1.05 bits per heavy atom. The number of hydrogen-bond donors (Lipinski definition) is 2. The predicted octanol–water partition coefficient (Wildman–Crippen LogP) is 4.79. The molecule has 0 saturated carbocycles. The minimum atomic E-state index is -0.0526. The van der Waals surface area contributed by atoms with E-state index in [1.807, 2.05) is 6.07 Å². The zero-order chi connectivity index (χ0) is 15.0. The van der Waals surface area contributed by atoms with Gasteiger partial charge in [0.05, 0.1) is 11.8 Å². The molecule has 2 aromatic rings. The van der Waals surface area contributed by atoms with Crippen LogP contribution in [0.2, 0.25) is 15.1 Å². The molecule has 2 N–H and O–H groups in total. The van der Waals surface area contributed by atoms with E-state index in [-0.39, 0.29) is 11.8 Å². The molecule has 21 heavy (non-hydrogen) atoms. The number of benzene rings is 2. The third-order valence-electron chi connectivity index (χ3n) is 3.36. The number of phenolic OH excluding ortho intramolecular Hbond substituents is 1. The van der Waals surface area contributed by atoms with Crippen LogP contribution in [-0.4, -0.2) is 10.8 Å². The van der Waals surface area contributed by atoms with Crippen molar-refractivity contribution in [1.29, 1.82) is 0 Å². The van der Waals surface area contributed by atoms with Crippen LogP contribution in [0.15, 0.2) is 41.5 Å². The first kappa shape index (κ1) is 14.5. The molecule has 3 rings (SSSR count). The van der Waals surface area contributed by atoms with E-state index in [1.165, 1.54) is 0 Å². The largest absolute Gasteiger partial charge is 0.507 e. The van der Waals surface area contributed by atoms with Gasteiger partial charge in [0.15, 0.2) is 0 Å². The fraction of sp³-hybridized carbons (Fsp3) is 0.133. The van der Waals surface area contributed by atoms with E-state index in [2.05, 4.69) is 10.5 Å². The van der Waals surface area contributed by atoms with Gasteiger partial charge in [-0.1, -0.05) is 40.9 Å². The summed E-state index contributed by atoms with van der Waals surface area (Å²) >= 11 is 18.1. The minimum Gasteiger partial charge on any atom is -0.507 e. The second-order valence-electron chi connectivity index (χ2n) is 4.77. The van der Waals surface area contributed by atoms with Gasteiger partial charge < -0.3 is 10.5 Å². The highest BCUT2D eigenvalue weighted by Crippen LogP contribution is 2.33. The molecule has 0 spiro atoms. The molecule has 2 aromatic carbocycles. The summed E-state index contributed by atoms with van der Waals surface area (Å²) in [6.07, 6.45) is 0.606. The van der Waals surface area contributed by atoms with Crippen molar-refractivity contribution in [3.63, 3.8) is 0 Å². The number of rotatable bonds is 2. The summed E-state index contributed by atoms with van der Waals surface area (Å²) < 4.78 is 0. The molecule has 0 radical (unpaired) electrons. The smallest absolute Gasteiger partial charge is 0.124 e. The van der Waals surface area contributed by atoms with Crippen molar-refractivity contribution in [1.82, 2.24) is 5.43 Å². The lowest BCUT2D eigenvalue weighted by Gasteiger charge is -2.12. The molecule has 0 aliphatic carbocycles. The fourth-order valence-electron chi connectivity index (χ4n) is 2.31. The van der Waals surface area contributed by atoms with Gasteiger partial charge >= 0.3 is 0 Å². The van der Waals surface area contributed by atoms with Crippen LogP contribution in [0.25, 0.3) is 0 Å². The molecule has 0 aromatic heterocycles.